The van der Waals surface area contributed by atoms with Gasteiger partial charge in [-0.25, -0.2) is 9.59 Å². The fourth-order valence-corrected chi connectivity index (χ4v) is 1.81. The standard InChI is InChI=1S/C9H13N5O4S/c1-2-6-13-14-9(19-6)12-8(18)11-4(7(16)17)3-5(10)15/h4H,2-3H2,1H3,(H2,10,15)(H,16,17)(H2,11,12,14,18)/t4-/m0/s1. The lowest BCUT2D eigenvalue weighted by molar-refractivity contribution is -0.140. The molecule has 1 aromatic rings. The number of nitrogens with zero attached hydrogens (tertiary/aromatic N) is 2. The Hall–Kier alpha value is -2.23. The Labute approximate surface area is 112 Å². The van der Waals surface area contributed by atoms with Crippen LogP contribution in [-0.2, 0) is 16.0 Å². The van der Waals surface area contributed by atoms with Crippen molar-refractivity contribution >= 4 is 34.4 Å². The number of rotatable bonds is 6. The van der Waals surface area contributed by atoms with Crippen LogP contribution in [0.1, 0.15) is 18.4 Å². The Balaban J connectivity index is 2.57. The van der Waals surface area contributed by atoms with E-state index in [0.29, 0.717) is 6.42 Å². The molecule has 0 bridgehead atoms. The number of carboxylic acid groups (broad SMARTS) is 1. The van der Waals surface area contributed by atoms with Crippen LogP contribution in [0.5, 0.6) is 0 Å². The molecule has 1 heterocycles. The van der Waals surface area contributed by atoms with Crippen molar-refractivity contribution in [2.75, 3.05) is 5.32 Å². The zero-order chi connectivity index (χ0) is 14.4. The van der Waals surface area contributed by atoms with E-state index in [-0.39, 0.29) is 5.13 Å². The van der Waals surface area contributed by atoms with E-state index < -0.39 is 30.4 Å². The van der Waals surface area contributed by atoms with Gasteiger partial charge in [0.25, 0.3) is 0 Å². The van der Waals surface area contributed by atoms with Crippen LogP contribution in [0.25, 0.3) is 0 Å². The topological polar surface area (TPSA) is 147 Å². The highest BCUT2D eigenvalue weighted by Gasteiger charge is 2.22. The maximum absolute atomic E-state index is 11.5. The van der Waals surface area contributed by atoms with Crippen LogP contribution in [0.2, 0.25) is 0 Å². The van der Waals surface area contributed by atoms with Gasteiger partial charge in [-0.05, 0) is 6.42 Å². The van der Waals surface area contributed by atoms with E-state index in [2.05, 4.69) is 20.8 Å². The van der Waals surface area contributed by atoms with Crippen LogP contribution in [0.3, 0.4) is 0 Å². The second-order valence-corrected chi connectivity index (χ2v) is 4.58. The molecule has 1 rings (SSSR count). The summed E-state index contributed by atoms with van der Waals surface area (Å²) in [6.45, 7) is 1.89. The van der Waals surface area contributed by atoms with Crippen molar-refractivity contribution in [3.63, 3.8) is 0 Å². The zero-order valence-electron chi connectivity index (χ0n) is 10.0. The lowest BCUT2D eigenvalue weighted by Crippen LogP contribution is -2.45. The molecule has 3 amide bonds. The molecular weight excluding hydrogens is 274 g/mol. The molecule has 0 unspecified atom stereocenters. The van der Waals surface area contributed by atoms with Gasteiger partial charge in [0.15, 0.2) is 0 Å². The predicted octanol–water partition coefficient (Wildman–Crippen LogP) is -0.449. The lowest BCUT2D eigenvalue weighted by Gasteiger charge is -2.12. The van der Waals surface area contributed by atoms with Crippen molar-refractivity contribution in [1.82, 2.24) is 15.5 Å². The van der Waals surface area contributed by atoms with Gasteiger partial charge in [-0.2, -0.15) is 0 Å². The molecule has 10 heteroatoms. The van der Waals surface area contributed by atoms with Crippen molar-refractivity contribution in [2.45, 2.75) is 25.8 Å². The average Bonchev–Trinajstić information content (AvgIpc) is 2.75. The number of primary amides is 1. The van der Waals surface area contributed by atoms with Gasteiger partial charge >= 0.3 is 12.0 Å². The summed E-state index contributed by atoms with van der Waals surface area (Å²) in [4.78, 5) is 33.0. The van der Waals surface area contributed by atoms with Gasteiger partial charge < -0.3 is 16.2 Å². The van der Waals surface area contributed by atoms with Crippen LogP contribution in [0, 0.1) is 0 Å². The van der Waals surface area contributed by atoms with Crippen LogP contribution in [0.15, 0.2) is 0 Å². The summed E-state index contributed by atoms with van der Waals surface area (Å²) in [6.07, 6.45) is 0.194. The van der Waals surface area contributed by atoms with Gasteiger partial charge in [-0.15, -0.1) is 10.2 Å². The fraction of sp³-hybridized carbons (Fsp3) is 0.444. The molecule has 0 fully saturated rings. The SMILES string of the molecule is CCc1nnc(NC(=O)N[C@@H](CC(N)=O)C(=O)O)s1. The molecule has 19 heavy (non-hydrogen) atoms. The van der Waals surface area contributed by atoms with E-state index in [9.17, 15) is 14.4 Å². The number of hydrogen-bond acceptors (Lipinski definition) is 6. The van der Waals surface area contributed by atoms with Crippen LogP contribution < -0.4 is 16.4 Å². The summed E-state index contributed by atoms with van der Waals surface area (Å²) in [5.74, 6) is -2.17. The van der Waals surface area contributed by atoms with E-state index >= 15 is 0 Å². The van der Waals surface area contributed by atoms with E-state index in [1.807, 2.05) is 6.92 Å². The second kappa shape index (κ2) is 6.64. The molecule has 5 N–H and O–H groups in total. The van der Waals surface area contributed by atoms with Crippen LogP contribution in [-0.4, -0.2) is 39.3 Å². The first-order valence-corrected chi connectivity index (χ1v) is 6.15. The van der Waals surface area contributed by atoms with E-state index in [4.69, 9.17) is 10.8 Å². The maximum atomic E-state index is 11.5. The minimum atomic E-state index is -1.38. The number of aromatic nitrogens is 2. The molecule has 0 aliphatic carbocycles. The molecule has 0 aromatic carbocycles. The highest BCUT2D eigenvalue weighted by Crippen LogP contribution is 2.14. The van der Waals surface area contributed by atoms with Crippen molar-refractivity contribution in [3.8, 4) is 0 Å². The third-order valence-corrected chi connectivity index (χ3v) is 2.98. The first-order chi connectivity index (χ1) is 8.92. The minimum Gasteiger partial charge on any atom is -0.480 e. The number of nitrogens with one attached hydrogen (secondary N) is 2. The van der Waals surface area contributed by atoms with Gasteiger partial charge in [0.05, 0.1) is 6.42 Å². The average molecular weight is 287 g/mol. The van der Waals surface area contributed by atoms with Crippen molar-refractivity contribution in [1.29, 1.82) is 0 Å². The third-order valence-electron chi connectivity index (χ3n) is 2.00. The molecule has 0 saturated heterocycles. The lowest BCUT2D eigenvalue weighted by atomic mass is 10.2. The van der Waals surface area contributed by atoms with Gasteiger partial charge in [0.2, 0.25) is 11.0 Å². The van der Waals surface area contributed by atoms with E-state index in [0.717, 1.165) is 5.01 Å². The number of amides is 3. The number of hydrogen-bond donors (Lipinski definition) is 4. The first kappa shape index (κ1) is 14.8. The summed E-state index contributed by atoms with van der Waals surface area (Å²) < 4.78 is 0. The molecule has 0 radical (unpaired) electrons. The quantitative estimate of drug-likeness (QED) is 0.557. The smallest absolute Gasteiger partial charge is 0.326 e. The Morgan fingerprint density at radius 1 is 1.42 bits per heavy atom. The molecule has 1 atom stereocenters. The van der Waals surface area contributed by atoms with Gasteiger partial charge in [0.1, 0.15) is 11.0 Å². The van der Waals surface area contributed by atoms with Crippen molar-refractivity contribution in [2.24, 2.45) is 5.73 Å². The van der Waals surface area contributed by atoms with Crippen molar-refractivity contribution in [3.05, 3.63) is 5.01 Å². The largest absolute Gasteiger partial charge is 0.480 e. The number of aliphatic carboxylic acids is 1. The number of nitrogens with two attached hydrogens (primary N) is 1. The molecule has 0 spiro atoms. The summed E-state index contributed by atoms with van der Waals surface area (Å²) in [7, 11) is 0. The summed E-state index contributed by atoms with van der Waals surface area (Å²) in [5, 5.41) is 21.7. The number of aryl methyl sites for hydroxylation is 1. The molecule has 1 aromatic heterocycles. The Bertz CT molecular complexity index is 489. The Kier molecular flexibility index (Phi) is 5.18. The van der Waals surface area contributed by atoms with E-state index in [1.54, 1.807) is 0 Å². The normalized spacial score (nSPS) is 11.6. The summed E-state index contributed by atoms with van der Waals surface area (Å²) >= 11 is 1.18. The Morgan fingerprint density at radius 3 is 2.58 bits per heavy atom. The first-order valence-electron chi connectivity index (χ1n) is 5.33. The molecule has 0 aliphatic heterocycles. The Morgan fingerprint density at radius 2 is 2.11 bits per heavy atom. The number of carboxylic acids is 1. The molecule has 0 aliphatic rings. The summed E-state index contributed by atoms with van der Waals surface area (Å²) in [6, 6.07) is -2.16. The number of anilines is 1. The number of carbonyl (C=O) groups excluding carboxylic acids is 2. The molecule has 104 valence electrons. The zero-order valence-corrected chi connectivity index (χ0v) is 10.9. The van der Waals surface area contributed by atoms with Gasteiger partial charge in [-0.3, -0.25) is 10.1 Å². The number of urea groups is 1. The molecule has 0 saturated carbocycles. The predicted molar refractivity (Wildman–Crippen MR) is 66.7 cm³/mol. The summed E-state index contributed by atoms with van der Waals surface area (Å²) in [5.41, 5.74) is 4.89. The van der Waals surface area contributed by atoms with Gasteiger partial charge in [0, 0.05) is 0 Å². The highest BCUT2D eigenvalue weighted by molar-refractivity contribution is 7.15. The monoisotopic (exact) mass is 287 g/mol. The van der Waals surface area contributed by atoms with Crippen LogP contribution in [0.4, 0.5) is 9.93 Å². The van der Waals surface area contributed by atoms with Crippen LogP contribution >= 0.6 is 11.3 Å². The second-order valence-electron chi connectivity index (χ2n) is 3.51. The third kappa shape index (κ3) is 4.87. The van der Waals surface area contributed by atoms with Crippen molar-refractivity contribution < 1.29 is 19.5 Å². The maximum Gasteiger partial charge on any atom is 0.326 e. The molecular formula is C9H13N5O4S. The van der Waals surface area contributed by atoms with Gasteiger partial charge in [-0.1, -0.05) is 18.3 Å². The molecule has 9 nitrogen and oxygen atoms in total. The number of carbonyl (C=O) groups is 3. The highest BCUT2D eigenvalue weighted by atomic mass is 32.1. The van der Waals surface area contributed by atoms with E-state index in [1.165, 1.54) is 11.3 Å². The minimum absolute atomic E-state index is 0.248. The fourth-order valence-electron chi connectivity index (χ4n) is 1.14.